The van der Waals surface area contributed by atoms with Crippen molar-refractivity contribution >= 4 is 11.8 Å². The van der Waals surface area contributed by atoms with Crippen LogP contribution in [-0.4, -0.2) is 57.8 Å². The normalized spacial score (nSPS) is 20.4. The molecule has 2 fully saturated rings. The number of hydrogen-bond donors (Lipinski definition) is 1. The van der Waals surface area contributed by atoms with E-state index in [1.807, 2.05) is 42.4 Å². The van der Waals surface area contributed by atoms with E-state index < -0.39 is 0 Å². The van der Waals surface area contributed by atoms with Crippen molar-refractivity contribution in [1.29, 1.82) is 0 Å². The Morgan fingerprint density at radius 2 is 1.93 bits per heavy atom. The Labute approximate surface area is 177 Å². The number of aromatic nitrogens is 2. The van der Waals surface area contributed by atoms with Crippen molar-refractivity contribution in [2.45, 2.75) is 50.2 Å². The molecule has 0 bridgehead atoms. The molecule has 1 aromatic carbocycles. The van der Waals surface area contributed by atoms with Gasteiger partial charge in [-0.2, -0.15) is 5.10 Å². The fourth-order valence-electron chi connectivity index (χ4n) is 4.44. The monoisotopic (exact) mass is 410 g/mol. The molecule has 1 aromatic heterocycles. The Bertz CT molecular complexity index is 872. The number of benzene rings is 1. The molecular formula is C23H30N4O3. The van der Waals surface area contributed by atoms with Crippen molar-refractivity contribution in [3.63, 3.8) is 0 Å². The molecule has 7 nitrogen and oxygen atoms in total. The molecular weight excluding hydrogens is 380 g/mol. The molecule has 0 aliphatic carbocycles. The molecule has 1 unspecified atom stereocenters. The summed E-state index contributed by atoms with van der Waals surface area (Å²) in [5.74, 6) is 0.0909. The fourth-order valence-corrected chi connectivity index (χ4v) is 4.44. The smallest absolute Gasteiger partial charge is 0.249 e. The maximum Gasteiger partial charge on any atom is 0.249 e. The molecule has 1 spiro atoms. The van der Waals surface area contributed by atoms with E-state index in [0.717, 1.165) is 37.8 Å². The number of nitrogens with zero attached hydrogens (tertiary/aromatic N) is 3. The summed E-state index contributed by atoms with van der Waals surface area (Å²) < 4.78 is 7.95. The van der Waals surface area contributed by atoms with Crippen LogP contribution in [0.2, 0.25) is 0 Å². The standard InChI is InChI=1S/C23H30N4O3/c1-26-14-9-19(25-26)17-21(28)27-15-11-23(12-16-27)10-7-20(30-23)22(29)24-13-8-18-5-3-2-4-6-18/h2-6,9,14,20H,7-8,10-13,15-17H2,1H3,(H,24,29). The Hall–Kier alpha value is -2.67. The van der Waals surface area contributed by atoms with Crippen LogP contribution in [0, 0.1) is 0 Å². The van der Waals surface area contributed by atoms with E-state index in [4.69, 9.17) is 4.74 Å². The van der Waals surface area contributed by atoms with Crippen LogP contribution in [0.4, 0.5) is 0 Å². The third kappa shape index (κ3) is 4.90. The number of aryl methyl sites for hydroxylation is 1. The third-order valence-electron chi connectivity index (χ3n) is 6.23. The predicted octanol–water partition coefficient (Wildman–Crippen LogP) is 1.86. The van der Waals surface area contributed by atoms with E-state index in [2.05, 4.69) is 22.5 Å². The molecule has 0 radical (unpaired) electrons. The van der Waals surface area contributed by atoms with Gasteiger partial charge in [0.05, 0.1) is 17.7 Å². The lowest BCUT2D eigenvalue weighted by atomic mass is 9.88. The second-order valence-corrected chi connectivity index (χ2v) is 8.39. The quantitative estimate of drug-likeness (QED) is 0.789. The van der Waals surface area contributed by atoms with Gasteiger partial charge in [-0.25, -0.2) is 0 Å². The summed E-state index contributed by atoms with van der Waals surface area (Å²) in [6.07, 6.45) is 5.83. The molecule has 3 heterocycles. The first kappa shape index (κ1) is 20.6. The Kier molecular flexibility index (Phi) is 6.18. The second kappa shape index (κ2) is 9.00. The molecule has 160 valence electrons. The van der Waals surface area contributed by atoms with Gasteiger partial charge in [-0.15, -0.1) is 0 Å². The van der Waals surface area contributed by atoms with Gasteiger partial charge in [0, 0.05) is 32.9 Å². The highest BCUT2D eigenvalue weighted by Gasteiger charge is 2.45. The summed E-state index contributed by atoms with van der Waals surface area (Å²) in [7, 11) is 1.85. The highest BCUT2D eigenvalue weighted by atomic mass is 16.5. The molecule has 1 N–H and O–H groups in total. The van der Waals surface area contributed by atoms with Gasteiger partial charge in [0.1, 0.15) is 6.10 Å². The van der Waals surface area contributed by atoms with Crippen LogP contribution in [-0.2, 0) is 34.2 Å². The lowest BCUT2D eigenvalue weighted by Crippen LogP contribution is -2.48. The van der Waals surface area contributed by atoms with Crippen LogP contribution < -0.4 is 5.32 Å². The number of ether oxygens (including phenoxy) is 1. The van der Waals surface area contributed by atoms with Gasteiger partial charge in [0.25, 0.3) is 0 Å². The summed E-state index contributed by atoms with van der Waals surface area (Å²) in [5.41, 5.74) is 1.75. The van der Waals surface area contributed by atoms with Crippen LogP contribution >= 0.6 is 0 Å². The number of carbonyl (C=O) groups is 2. The zero-order chi connectivity index (χ0) is 21.0. The molecule has 2 aliphatic heterocycles. The number of nitrogens with one attached hydrogen (secondary N) is 1. The van der Waals surface area contributed by atoms with E-state index >= 15 is 0 Å². The average molecular weight is 411 g/mol. The number of likely N-dealkylation sites (tertiary alicyclic amines) is 1. The summed E-state index contributed by atoms with van der Waals surface area (Å²) >= 11 is 0. The summed E-state index contributed by atoms with van der Waals surface area (Å²) in [4.78, 5) is 27.0. The zero-order valence-electron chi connectivity index (χ0n) is 17.5. The first-order valence-electron chi connectivity index (χ1n) is 10.8. The average Bonchev–Trinajstić information content (AvgIpc) is 3.35. The topological polar surface area (TPSA) is 76.5 Å². The lowest BCUT2D eigenvalue weighted by molar-refractivity contribution is -0.145. The van der Waals surface area contributed by atoms with E-state index in [9.17, 15) is 9.59 Å². The Balaban J connectivity index is 1.21. The van der Waals surface area contributed by atoms with Gasteiger partial charge in [-0.05, 0) is 43.7 Å². The highest BCUT2D eigenvalue weighted by molar-refractivity contribution is 5.81. The van der Waals surface area contributed by atoms with Crippen LogP contribution in [0.5, 0.6) is 0 Å². The lowest BCUT2D eigenvalue weighted by Gasteiger charge is -2.39. The van der Waals surface area contributed by atoms with Crippen molar-refractivity contribution in [1.82, 2.24) is 20.0 Å². The van der Waals surface area contributed by atoms with Crippen molar-refractivity contribution in [3.05, 3.63) is 53.9 Å². The van der Waals surface area contributed by atoms with E-state index in [-0.39, 0.29) is 23.5 Å². The van der Waals surface area contributed by atoms with Crippen LogP contribution in [0.15, 0.2) is 42.6 Å². The second-order valence-electron chi connectivity index (χ2n) is 8.39. The van der Waals surface area contributed by atoms with Gasteiger partial charge >= 0.3 is 0 Å². The Morgan fingerprint density at radius 1 is 1.17 bits per heavy atom. The van der Waals surface area contributed by atoms with Crippen molar-refractivity contribution < 1.29 is 14.3 Å². The first-order chi connectivity index (χ1) is 14.5. The molecule has 4 rings (SSSR count). The molecule has 2 aromatic rings. The number of hydrogen-bond acceptors (Lipinski definition) is 4. The van der Waals surface area contributed by atoms with Gasteiger partial charge in [0.2, 0.25) is 11.8 Å². The van der Waals surface area contributed by atoms with Gasteiger partial charge in [-0.1, -0.05) is 30.3 Å². The maximum atomic E-state index is 12.6. The van der Waals surface area contributed by atoms with E-state index in [0.29, 0.717) is 26.1 Å². The molecule has 7 heteroatoms. The summed E-state index contributed by atoms with van der Waals surface area (Å²) in [6, 6.07) is 12.0. The van der Waals surface area contributed by atoms with Crippen LogP contribution in [0.3, 0.4) is 0 Å². The Morgan fingerprint density at radius 3 is 2.63 bits per heavy atom. The predicted molar refractivity (Wildman–Crippen MR) is 113 cm³/mol. The largest absolute Gasteiger partial charge is 0.362 e. The van der Waals surface area contributed by atoms with Gasteiger partial charge < -0.3 is 15.0 Å². The number of piperidine rings is 1. The van der Waals surface area contributed by atoms with Crippen LogP contribution in [0.25, 0.3) is 0 Å². The number of rotatable bonds is 6. The summed E-state index contributed by atoms with van der Waals surface area (Å²) in [6.45, 7) is 1.97. The first-order valence-corrected chi connectivity index (χ1v) is 10.8. The molecule has 0 saturated carbocycles. The molecule has 2 saturated heterocycles. The molecule has 30 heavy (non-hydrogen) atoms. The number of amides is 2. The van der Waals surface area contributed by atoms with Gasteiger partial charge in [0.15, 0.2) is 0 Å². The minimum absolute atomic E-state index is 0.0172. The zero-order valence-corrected chi connectivity index (χ0v) is 17.5. The highest BCUT2D eigenvalue weighted by Crippen LogP contribution is 2.39. The van der Waals surface area contributed by atoms with E-state index in [1.165, 1.54) is 5.56 Å². The maximum absolute atomic E-state index is 12.6. The molecule has 2 aliphatic rings. The minimum atomic E-state index is -0.378. The third-order valence-corrected chi connectivity index (χ3v) is 6.23. The van der Waals surface area contributed by atoms with Gasteiger partial charge in [-0.3, -0.25) is 14.3 Å². The molecule has 1 atom stereocenters. The minimum Gasteiger partial charge on any atom is -0.362 e. The van der Waals surface area contributed by atoms with Crippen molar-refractivity contribution in [2.75, 3.05) is 19.6 Å². The van der Waals surface area contributed by atoms with E-state index in [1.54, 1.807) is 4.68 Å². The van der Waals surface area contributed by atoms with Crippen molar-refractivity contribution in [2.24, 2.45) is 7.05 Å². The molecule has 2 amide bonds. The summed E-state index contributed by atoms with van der Waals surface area (Å²) in [5, 5.41) is 7.30. The number of carbonyl (C=O) groups excluding carboxylic acids is 2. The van der Waals surface area contributed by atoms with Crippen LogP contribution in [0.1, 0.15) is 36.9 Å². The van der Waals surface area contributed by atoms with Crippen molar-refractivity contribution in [3.8, 4) is 0 Å². The fraction of sp³-hybridized carbons (Fsp3) is 0.522. The SMILES string of the molecule is Cn1ccc(CC(=O)N2CCC3(CCC(C(=O)NCCc4ccccc4)O3)CC2)n1.